The molecule has 1 aromatic heterocycles. The molecule has 0 bridgehead atoms. The number of likely N-dealkylation sites (N-methyl/N-ethyl adjacent to an activating group) is 1. The van der Waals surface area contributed by atoms with Crippen molar-refractivity contribution in [3.63, 3.8) is 0 Å². The monoisotopic (exact) mass is 376 g/mol. The zero-order valence-electron chi connectivity index (χ0n) is 12.3. The lowest BCUT2D eigenvalue weighted by molar-refractivity contribution is 0.268. The third-order valence-corrected chi connectivity index (χ3v) is 5.63. The standard InChI is InChI=1S/C13H21BrN4O2S/c1-3-18-6-4-5-11(18)9-17-21(19,20)12-7-10(14)8-16-13(12)15-2/h7-8,11,17H,3-6,9H2,1-2H3,(H,15,16). The average molecular weight is 377 g/mol. The number of anilines is 1. The first-order valence-electron chi connectivity index (χ1n) is 7.05. The maximum atomic E-state index is 12.5. The summed E-state index contributed by atoms with van der Waals surface area (Å²) in [7, 11) is -1.92. The van der Waals surface area contributed by atoms with E-state index < -0.39 is 10.0 Å². The van der Waals surface area contributed by atoms with Crippen molar-refractivity contribution in [2.24, 2.45) is 0 Å². The van der Waals surface area contributed by atoms with Gasteiger partial charge in [0, 0.05) is 30.3 Å². The van der Waals surface area contributed by atoms with Gasteiger partial charge in [0.05, 0.1) is 0 Å². The van der Waals surface area contributed by atoms with Crippen LogP contribution >= 0.6 is 15.9 Å². The van der Waals surface area contributed by atoms with Crippen LogP contribution in [0, 0.1) is 0 Å². The van der Waals surface area contributed by atoms with Crippen molar-refractivity contribution in [3.05, 3.63) is 16.7 Å². The summed E-state index contributed by atoms with van der Waals surface area (Å²) in [6.45, 7) is 4.53. The topological polar surface area (TPSA) is 74.3 Å². The smallest absolute Gasteiger partial charge is 0.244 e. The van der Waals surface area contributed by atoms with Gasteiger partial charge in [-0.3, -0.25) is 4.90 Å². The highest BCUT2D eigenvalue weighted by Crippen LogP contribution is 2.23. The molecule has 1 saturated heterocycles. The molecule has 0 aromatic carbocycles. The molecule has 2 heterocycles. The molecule has 118 valence electrons. The lowest BCUT2D eigenvalue weighted by Crippen LogP contribution is -2.40. The van der Waals surface area contributed by atoms with E-state index >= 15 is 0 Å². The van der Waals surface area contributed by atoms with E-state index in [1.165, 1.54) is 0 Å². The zero-order valence-corrected chi connectivity index (χ0v) is 14.7. The Bertz CT molecular complexity index is 594. The minimum atomic E-state index is -3.58. The van der Waals surface area contributed by atoms with Crippen molar-refractivity contribution in [1.29, 1.82) is 0 Å². The summed E-state index contributed by atoms with van der Waals surface area (Å²) < 4.78 is 28.3. The van der Waals surface area contributed by atoms with Crippen molar-refractivity contribution >= 4 is 31.8 Å². The number of likely N-dealkylation sites (tertiary alicyclic amines) is 1. The lowest BCUT2D eigenvalue weighted by Gasteiger charge is -2.23. The van der Waals surface area contributed by atoms with Crippen LogP contribution in [0.3, 0.4) is 0 Å². The van der Waals surface area contributed by atoms with Gasteiger partial charge in [-0.1, -0.05) is 6.92 Å². The third-order valence-electron chi connectivity index (χ3n) is 3.76. The summed E-state index contributed by atoms with van der Waals surface area (Å²) in [6, 6.07) is 1.84. The zero-order chi connectivity index (χ0) is 15.5. The van der Waals surface area contributed by atoms with Gasteiger partial charge in [-0.15, -0.1) is 0 Å². The molecule has 1 atom stereocenters. The highest BCUT2D eigenvalue weighted by Gasteiger charge is 2.26. The van der Waals surface area contributed by atoms with Crippen LogP contribution in [0.4, 0.5) is 5.82 Å². The molecule has 21 heavy (non-hydrogen) atoms. The lowest BCUT2D eigenvalue weighted by atomic mass is 10.2. The normalized spacial score (nSPS) is 19.9. The Morgan fingerprint density at radius 3 is 2.95 bits per heavy atom. The van der Waals surface area contributed by atoms with Gasteiger partial charge < -0.3 is 5.32 Å². The van der Waals surface area contributed by atoms with Crippen LogP contribution in [-0.4, -0.2) is 51.0 Å². The molecular formula is C13H21BrN4O2S. The molecule has 1 aliphatic heterocycles. The van der Waals surface area contributed by atoms with E-state index in [2.05, 4.69) is 42.8 Å². The highest BCUT2D eigenvalue weighted by molar-refractivity contribution is 9.10. The Morgan fingerprint density at radius 2 is 2.29 bits per heavy atom. The van der Waals surface area contributed by atoms with Crippen LogP contribution in [0.5, 0.6) is 0 Å². The van der Waals surface area contributed by atoms with Crippen LogP contribution in [0.25, 0.3) is 0 Å². The van der Waals surface area contributed by atoms with E-state index in [1.807, 2.05) is 0 Å². The molecule has 0 spiro atoms. The number of pyridine rings is 1. The fourth-order valence-corrected chi connectivity index (χ4v) is 4.38. The van der Waals surface area contributed by atoms with Crippen molar-refractivity contribution in [3.8, 4) is 0 Å². The van der Waals surface area contributed by atoms with E-state index in [0.29, 0.717) is 16.8 Å². The van der Waals surface area contributed by atoms with E-state index in [1.54, 1.807) is 19.3 Å². The molecule has 1 aliphatic rings. The Balaban J connectivity index is 2.13. The predicted molar refractivity (Wildman–Crippen MR) is 86.9 cm³/mol. The summed E-state index contributed by atoms with van der Waals surface area (Å²) in [5.41, 5.74) is 0. The number of nitrogens with zero attached hydrogens (tertiary/aromatic N) is 2. The molecule has 1 fully saturated rings. The average Bonchev–Trinajstić information content (AvgIpc) is 2.92. The first-order chi connectivity index (χ1) is 9.97. The van der Waals surface area contributed by atoms with Gasteiger partial charge in [0.1, 0.15) is 10.7 Å². The second-order valence-electron chi connectivity index (χ2n) is 5.03. The molecule has 2 N–H and O–H groups in total. The molecule has 6 nitrogen and oxygen atoms in total. The van der Waals surface area contributed by atoms with Crippen molar-refractivity contribution < 1.29 is 8.42 Å². The molecule has 0 radical (unpaired) electrons. The molecule has 2 rings (SSSR count). The predicted octanol–water partition coefficient (Wildman–Crippen LogP) is 1.65. The third kappa shape index (κ3) is 3.94. The van der Waals surface area contributed by atoms with Gasteiger partial charge in [-0.2, -0.15) is 0 Å². The molecule has 0 amide bonds. The number of sulfonamides is 1. The highest BCUT2D eigenvalue weighted by atomic mass is 79.9. The number of nitrogens with one attached hydrogen (secondary N) is 2. The molecule has 1 aromatic rings. The molecule has 8 heteroatoms. The van der Waals surface area contributed by atoms with Crippen LogP contribution in [0.2, 0.25) is 0 Å². The first-order valence-corrected chi connectivity index (χ1v) is 9.32. The molecule has 0 aliphatic carbocycles. The number of rotatable bonds is 6. The summed E-state index contributed by atoms with van der Waals surface area (Å²) in [5.74, 6) is 0.351. The quantitative estimate of drug-likeness (QED) is 0.789. The number of halogens is 1. The van der Waals surface area contributed by atoms with Gasteiger partial charge in [-0.05, 0) is 47.9 Å². The van der Waals surface area contributed by atoms with Gasteiger partial charge >= 0.3 is 0 Å². The van der Waals surface area contributed by atoms with Crippen LogP contribution in [0.1, 0.15) is 19.8 Å². The second kappa shape index (κ2) is 7.04. The summed E-state index contributed by atoms with van der Waals surface area (Å²) in [6.07, 6.45) is 3.73. The Morgan fingerprint density at radius 1 is 1.52 bits per heavy atom. The molecule has 0 saturated carbocycles. The van der Waals surface area contributed by atoms with E-state index in [0.717, 1.165) is 25.9 Å². The minimum absolute atomic E-state index is 0.167. The van der Waals surface area contributed by atoms with Crippen LogP contribution in [-0.2, 0) is 10.0 Å². The maximum Gasteiger partial charge on any atom is 0.244 e. The van der Waals surface area contributed by atoms with Gasteiger partial charge in [-0.25, -0.2) is 18.1 Å². The van der Waals surface area contributed by atoms with E-state index in [-0.39, 0.29) is 10.9 Å². The van der Waals surface area contributed by atoms with Crippen molar-refractivity contribution in [2.45, 2.75) is 30.7 Å². The second-order valence-corrected chi connectivity index (χ2v) is 7.68. The Labute approximate surface area is 134 Å². The van der Waals surface area contributed by atoms with E-state index in [4.69, 9.17) is 0 Å². The summed E-state index contributed by atoms with van der Waals surface area (Å²) in [4.78, 5) is 6.56. The summed E-state index contributed by atoms with van der Waals surface area (Å²) >= 11 is 3.27. The summed E-state index contributed by atoms with van der Waals surface area (Å²) in [5, 5.41) is 2.82. The first kappa shape index (κ1) is 16.7. The Hall–Kier alpha value is -0.700. The fraction of sp³-hybridized carbons (Fsp3) is 0.615. The Kier molecular flexibility index (Phi) is 5.59. The number of aromatic nitrogens is 1. The van der Waals surface area contributed by atoms with Gasteiger partial charge in [0.2, 0.25) is 10.0 Å². The largest absolute Gasteiger partial charge is 0.372 e. The van der Waals surface area contributed by atoms with E-state index in [9.17, 15) is 8.42 Å². The van der Waals surface area contributed by atoms with Crippen LogP contribution < -0.4 is 10.0 Å². The van der Waals surface area contributed by atoms with Gasteiger partial charge in [0.15, 0.2) is 0 Å². The molecular weight excluding hydrogens is 356 g/mol. The fourth-order valence-electron chi connectivity index (χ4n) is 2.64. The number of hydrogen-bond donors (Lipinski definition) is 2. The van der Waals surface area contributed by atoms with Crippen LogP contribution in [0.15, 0.2) is 21.6 Å². The van der Waals surface area contributed by atoms with Gasteiger partial charge in [0.25, 0.3) is 0 Å². The number of hydrogen-bond acceptors (Lipinski definition) is 5. The minimum Gasteiger partial charge on any atom is -0.372 e. The SMILES string of the molecule is CCN1CCCC1CNS(=O)(=O)c1cc(Br)cnc1NC. The molecule has 1 unspecified atom stereocenters. The van der Waals surface area contributed by atoms with Crippen molar-refractivity contribution in [1.82, 2.24) is 14.6 Å². The maximum absolute atomic E-state index is 12.5. The van der Waals surface area contributed by atoms with Crippen molar-refractivity contribution in [2.75, 3.05) is 32.0 Å².